The summed E-state index contributed by atoms with van der Waals surface area (Å²) in [6.07, 6.45) is 17.1. The van der Waals surface area contributed by atoms with Gasteiger partial charge in [0.2, 0.25) is 0 Å². The summed E-state index contributed by atoms with van der Waals surface area (Å²) in [6, 6.07) is 0. The zero-order valence-electron chi connectivity index (χ0n) is 11.5. The van der Waals surface area contributed by atoms with Crippen LogP contribution in [0.15, 0.2) is 47.6 Å². The molecule has 0 spiro atoms. The Hall–Kier alpha value is -1.22. The van der Waals surface area contributed by atoms with Crippen molar-refractivity contribution in [1.29, 1.82) is 0 Å². The van der Waals surface area contributed by atoms with E-state index in [4.69, 9.17) is 5.11 Å². The molecule has 3 aliphatic carbocycles. The maximum atomic E-state index is 10.7. The third kappa shape index (κ3) is 2.93. The summed E-state index contributed by atoms with van der Waals surface area (Å²) >= 11 is 1.56. The summed E-state index contributed by atoms with van der Waals surface area (Å²) in [5.41, 5.74) is 2.93. The molecule has 0 saturated heterocycles. The lowest BCUT2D eigenvalue weighted by atomic mass is 9.68. The predicted molar refractivity (Wildman–Crippen MR) is 83.7 cm³/mol. The normalized spacial score (nSPS) is 31.1. The predicted octanol–water partition coefficient (Wildman–Crippen LogP) is 3.83. The average Bonchev–Trinajstić information content (AvgIpc) is 2.45. The summed E-state index contributed by atoms with van der Waals surface area (Å²) < 4.78 is 0. The fourth-order valence-corrected chi connectivity index (χ4v) is 4.46. The highest BCUT2D eigenvalue weighted by Crippen LogP contribution is 2.44. The number of aliphatic carboxylic acids is 1. The van der Waals surface area contributed by atoms with Gasteiger partial charge in [-0.25, -0.2) is 0 Å². The maximum absolute atomic E-state index is 10.7. The first kappa shape index (κ1) is 13.7. The lowest BCUT2D eigenvalue weighted by Gasteiger charge is -2.38. The summed E-state index contributed by atoms with van der Waals surface area (Å²) in [5.74, 6) is 2.37. The minimum Gasteiger partial charge on any atom is -0.481 e. The molecule has 0 aliphatic heterocycles. The maximum Gasteiger partial charge on any atom is 0.313 e. The molecule has 20 heavy (non-hydrogen) atoms. The van der Waals surface area contributed by atoms with Crippen molar-refractivity contribution in [3.8, 4) is 0 Å². The van der Waals surface area contributed by atoms with Crippen LogP contribution in [0.2, 0.25) is 0 Å². The second-order valence-corrected chi connectivity index (χ2v) is 6.85. The van der Waals surface area contributed by atoms with Crippen molar-refractivity contribution in [2.45, 2.75) is 19.3 Å². The van der Waals surface area contributed by atoms with Gasteiger partial charge in [-0.2, -0.15) is 0 Å². The zero-order chi connectivity index (χ0) is 13.9. The molecule has 0 aromatic heterocycles. The second-order valence-electron chi connectivity index (χ2n) is 5.82. The summed E-state index contributed by atoms with van der Waals surface area (Å²) in [4.78, 5) is 10.7. The van der Waals surface area contributed by atoms with Gasteiger partial charge in [0.1, 0.15) is 0 Å². The van der Waals surface area contributed by atoms with E-state index in [0.29, 0.717) is 17.8 Å². The van der Waals surface area contributed by atoms with Gasteiger partial charge in [-0.1, -0.05) is 36.5 Å². The molecule has 0 aromatic carbocycles. The first-order valence-corrected chi connectivity index (χ1v) is 8.44. The molecule has 0 unspecified atom stereocenters. The quantitative estimate of drug-likeness (QED) is 0.854. The average molecular weight is 288 g/mol. The monoisotopic (exact) mass is 288 g/mol. The number of allylic oxidation sites excluding steroid dienone is 8. The van der Waals surface area contributed by atoms with E-state index in [0.717, 1.165) is 18.6 Å². The van der Waals surface area contributed by atoms with Crippen molar-refractivity contribution in [1.82, 2.24) is 0 Å². The Kier molecular flexibility index (Phi) is 4.16. The van der Waals surface area contributed by atoms with E-state index in [9.17, 15) is 4.79 Å². The van der Waals surface area contributed by atoms with Crippen LogP contribution < -0.4 is 0 Å². The topological polar surface area (TPSA) is 37.3 Å². The molecule has 3 heteroatoms. The molecule has 0 amide bonds. The molecule has 3 atom stereocenters. The van der Waals surface area contributed by atoms with Gasteiger partial charge in [-0.15, -0.1) is 11.8 Å². The fraction of sp³-hybridized carbons (Fsp3) is 0.471. The summed E-state index contributed by atoms with van der Waals surface area (Å²) in [5, 5.41) is 8.77. The van der Waals surface area contributed by atoms with E-state index >= 15 is 0 Å². The number of carbonyl (C=O) groups is 1. The van der Waals surface area contributed by atoms with Gasteiger partial charge >= 0.3 is 5.97 Å². The standard InChI is InChI=1S/C17H20O2S/c18-17(19)11-20-10-15-7-3-6-14-8-12-4-1-2-5-13(12)9-16(14)15/h1-4,6,8,13,15-16H,5,7,9-11H2,(H,18,19)/t13-,15+,16+/m1/s1. The molecule has 0 aromatic rings. The molecule has 3 aliphatic rings. The number of rotatable bonds is 4. The smallest absolute Gasteiger partial charge is 0.313 e. The van der Waals surface area contributed by atoms with Crippen molar-refractivity contribution >= 4 is 17.7 Å². The Balaban J connectivity index is 1.71. The number of thioether (sulfide) groups is 1. The molecular weight excluding hydrogens is 268 g/mol. The SMILES string of the molecule is O=C(O)CSC[C@@H]1CC=CC2=CC3=CC=CC[C@@H]3C[C@@H]21. The van der Waals surface area contributed by atoms with Crippen molar-refractivity contribution in [2.75, 3.05) is 11.5 Å². The third-order valence-corrected chi connectivity index (χ3v) is 5.61. The van der Waals surface area contributed by atoms with Gasteiger partial charge in [0, 0.05) is 0 Å². The number of carboxylic acid groups (broad SMARTS) is 1. The first-order chi connectivity index (χ1) is 9.74. The minimum atomic E-state index is -0.705. The molecule has 0 bridgehead atoms. The number of hydrogen-bond donors (Lipinski definition) is 1. The molecule has 3 rings (SSSR count). The highest BCUT2D eigenvalue weighted by molar-refractivity contribution is 7.99. The fourth-order valence-electron chi connectivity index (χ4n) is 3.50. The van der Waals surface area contributed by atoms with Crippen LogP contribution in [0.5, 0.6) is 0 Å². The van der Waals surface area contributed by atoms with Crippen molar-refractivity contribution < 1.29 is 9.90 Å². The van der Waals surface area contributed by atoms with Crippen LogP contribution in [0.4, 0.5) is 0 Å². The molecule has 0 heterocycles. The van der Waals surface area contributed by atoms with E-state index < -0.39 is 5.97 Å². The molecule has 2 nitrogen and oxygen atoms in total. The van der Waals surface area contributed by atoms with E-state index in [1.165, 1.54) is 17.6 Å². The largest absolute Gasteiger partial charge is 0.481 e. The Labute approximate surface area is 124 Å². The second kappa shape index (κ2) is 6.04. The van der Waals surface area contributed by atoms with E-state index in [-0.39, 0.29) is 5.75 Å². The Morgan fingerprint density at radius 1 is 1.30 bits per heavy atom. The minimum absolute atomic E-state index is 0.225. The van der Waals surface area contributed by atoms with Crippen LogP contribution in [0.1, 0.15) is 19.3 Å². The van der Waals surface area contributed by atoms with Crippen LogP contribution in [0, 0.1) is 17.8 Å². The molecular formula is C17H20O2S. The van der Waals surface area contributed by atoms with Crippen LogP contribution in [0.3, 0.4) is 0 Å². The van der Waals surface area contributed by atoms with Gasteiger partial charge in [0.15, 0.2) is 0 Å². The third-order valence-electron chi connectivity index (χ3n) is 4.49. The van der Waals surface area contributed by atoms with Crippen molar-refractivity contribution in [2.24, 2.45) is 17.8 Å². The van der Waals surface area contributed by atoms with Crippen molar-refractivity contribution in [3.05, 3.63) is 47.6 Å². The van der Waals surface area contributed by atoms with Crippen molar-refractivity contribution in [3.63, 3.8) is 0 Å². The Bertz CT molecular complexity index is 513. The van der Waals surface area contributed by atoms with Gasteiger partial charge in [0.25, 0.3) is 0 Å². The molecule has 0 saturated carbocycles. The summed E-state index contributed by atoms with van der Waals surface area (Å²) in [7, 11) is 0. The molecule has 1 N–H and O–H groups in total. The summed E-state index contributed by atoms with van der Waals surface area (Å²) in [6.45, 7) is 0. The number of carboxylic acids is 1. The zero-order valence-corrected chi connectivity index (χ0v) is 12.3. The molecule has 0 radical (unpaired) electrons. The van der Waals surface area contributed by atoms with E-state index in [2.05, 4.69) is 36.5 Å². The van der Waals surface area contributed by atoms with Gasteiger partial charge in [0.05, 0.1) is 5.75 Å². The first-order valence-electron chi connectivity index (χ1n) is 7.28. The highest BCUT2D eigenvalue weighted by atomic mass is 32.2. The Morgan fingerprint density at radius 2 is 2.20 bits per heavy atom. The van der Waals surface area contributed by atoms with E-state index in [1.807, 2.05) is 0 Å². The van der Waals surface area contributed by atoms with E-state index in [1.54, 1.807) is 11.8 Å². The highest BCUT2D eigenvalue weighted by Gasteiger charge is 2.33. The van der Waals surface area contributed by atoms with Gasteiger partial charge < -0.3 is 5.11 Å². The lowest BCUT2D eigenvalue weighted by Crippen LogP contribution is -2.28. The van der Waals surface area contributed by atoms with Gasteiger partial charge in [-0.05, 0) is 53.9 Å². The van der Waals surface area contributed by atoms with Crippen LogP contribution in [-0.2, 0) is 4.79 Å². The number of hydrogen-bond acceptors (Lipinski definition) is 2. The molecule has 0 fully saturated rings. The van der Waals surface area contributed by atoms with Crippen LogP contribution in [-0.4, -0.2) is 22.6 Å². The molecule has 106 valence electrons. The van der Waals surface area contributed by atoms with Gasteiger partial charge in [-0.3, -0.25) is 4.79 Å². The Morgan fingerprint density at radius 3 is 3.05 bits per heavy atom. The lowest BCUT2D eigenvalue weighted by molar-refractivity contribution is -0.133. The van der Waals surface area contributed by atoms with Crippen LogP contribution >= 0.6 is 11.8 Å². The van der Waals surface area contributed by atoms with Crippen LogP contribution in [0.25, 0.3) is 0 Å². The number of fused-ring (bicyclic) bond motifs is 2.